The van der Waals surface area contributed by atoms with Gasteiger partial charge in [0.25, 0.3) is 0 Å². The number of likely N-dealkylation sites (N-methyl/N-ethyl adjacent to an activating group) is 1. The SMILES string of the molecule is Cc1cc(NCC2CCCCN2C)cc(C)c1Br. The van der Waals surface area contributed by atoms with Crippen molar-refractivity contribution in [2.45, 2.75) is 39.2 Å². The monoisotopic (exact) mass is 310 g/mol. The number of nitrogens with zero attached hydrogens (tertiary/aromatic N) is 1. The molecule has 1 saturated heterocycles. The molecule has 1 aromatic rings. The van der Waals surface area contributed by atoms with Gasteiger partial charge in [-0.1, -0.05) is 22.4 Å². The number of aryl methyl sites for hydroxylation is 2. The second-order valence-electron chi connectivity index (χ2n) is 5.44. The van der Waals surface area contributed by atoms with Crippen molar-refractivity contribution in [1.82, 2.24) is 4.90 Å². The van der Waals surface area contributed by atoms with Crippen LogP contribution in [0, 0.1) is 13.8 Å². The van der Waals surface area contributed by atoms with Crippen LogP contribution >= 0.6 is 15.9 Å². The molecule has 0 saturated carbocycles. The minimum absolute atomic E-state index is 0.683. The van der Waals surface area contributed by atoms with Crippen molar-refractivity contribution < 1.29 is 0 Å². The van der Waals surface area contributed by atoms with Crippen molar-refractivity contribution in [1.29, 1.82) is 0 Å². The Morgan fingerprint density at radius 3 is 2.56 bits per heavy atom. The summed E-state index contributed by atoms with van der Waals surface area (Å²) in [5.74, 6) is 0. The number of likely N-dealkylation sites (tertiary alicyclic amines) is 1. The minimum Gasteiger partial charge on any atom is -0.383 e. The Morgan fingerprint density at radius 2 is 1.94 bits per heavy atom. The highest BCUT2D eigenvalue weighted by Crippen LogP contribution is 2.25. The number of rotatable bonds is 3. The van der Waals surface area contributed by atoms with E-state index in [1.165, 1.54) is 47.1 Å². The summed E-state index contributed by atoms with van der Waals surface area (Å²) < 4.78 is 1.22. The summed E-state index contributed by atoms with van der Waals surface area (Å²) in [6.45, 7) is 6.59. The van der Waals surface area contributed by atoms with Gasteiger partial charge in [-0.15, -0.1) is 0 Å². The third-order valence-corrected chi connectivity index (χ3v) is 5.15. The van der Waals surface area contributed by atoms with E-state index in [4.69, 9.17) is 0 Å². The molecule has 0 spiro atoms. The Kier molecular flexibility index (Phi) is 4.68. The molecule has 1 atom stereocenters. The minimum atomic E-state index is 0.683. The zero-order valence-electron chi connectivity index (χ0n) is 11.6. The predicted molar refractivity (Wildman–Crippen MR) is 82.4 cm³/mol. The van der Waals surface area contributed by atoms with Gasteiger partial charge in [0.15, 0.2) is 0 Å². The molecule has 0 aromatic heterocycles. The number of hydrogen-bond acceptors (Lipinski definition) is 2. The summed E-state index contributed by atoms with van der Waals surface area (Å²) in [4.78, 5) is 2.48. The number of piperidine rings is 1. The lowest BCUT2D eigenvalue weighted by Crippen LogP contribution is -2.40. The van der Waals surface area contributed by atoms with Gasteiger partial charge < -0.3 is 10.2 Å². The van der Waals surface area contributed by atoms with Crippen LogP contribution in [0.5, 0.6) is 0 Å². The second-order valence-corrected chi connectivity index (χ2v) is 6.23. The van der Waals surface area contributed by atoms with Crippen LogP contribution in [0.2, 0.25) is 0 Å². The van der Waals surface area contributed by atoms with Crippen molar-refractivity contribution >= 4 is 21.6 Å². The average molecular weight is 311 g/mol. The highest BCUT2D eigenvalue weighted by Gasteiger charge is 2.18. The second kappa shape index (κ2) is 6.07. The smallest absolute Gasteiger partial charge is 0.0346 e. The molecule has 1 aromatic carbocycles. The lowest BCUT2D eigenvalue weighted by atomic mass is 10.0. The Hall–Kier alpha value is -0.540. The van der Waals surface area contributed by atoms with E-state index in [0.717, 1.165) is 6.54 Å². The van der Waals surface area contributed by atoms with Crippen LogP contribution in [0.3, 0.4) is 0 Å². The fourth-order valence-electron chi connectivity index (χ4n) is 2.69. The topological polar surface area (TPSA) is 15.3 Å². The zero-order chi connectivity index (χ0) is 13.1. The van der Waals surface area contributed by atoms with Gasteiger partial charge in [0, 0.05) is 22.7 Å². The molecule has 1 aliphatic rings. The van der Waals surface area contributed by atoms with Gasteiger partial charge in [0.05, 0.1) is 0 Å². The maximum Gasteiger partial charge on any atom is 0.0346 e. The van der Waals surface area contributed by atoms with Gasteiger partial charge in [-0.25, -0.2) is 0 Å². The summed E-state index contributed by atoms with van der Waals surface area (Å²) in [6.07, 6.45) is 4.04. The Bertz CT molecular complexity index is 394. The first-order chi connectivity index (χ1) is 8.58. The van der Waals surface area contributed by atoms with E-state index in [0.29, 0.717) is 6.04 Å². The van der Waals surface area contributed by atoms with E-state index >= 15 is 0 Å². The molecule has 3 heteroatoms. The summed E-state index contributed by atoms with van der Waals surface area (Å²) in [5.41, 5.74) is 3.84. The van der Waals surface area contributed by atoms with Gasteiger partial charge in [-0.2, -0.15) is 0 Å². The molecule has 0 amide bonds. The molecule has 2 nitrogen and oxygen atoms in total. The van der Waals surface area contributed by atoms with E-state index in [2.05, 4.69) is 59.2 Å². The van der Waals surface area contributed by atoms with Crippen molar-refractivity contribution in [2.75, 3.05) is 25.5 Å². The number of nitrogens with one attached hydrogen (secondary N) is 1. The summed E-state index contributed by atoms with van der Waals surface area (Å²) in [5, 5.41) is 3.59. The first-order valence-electron chi connectivity index (χ1n) is 6.79. The van der Waals surface area contributed by atoms with Crippen molar-refractivity contribution in [3.05, 3.63) is 27.7 Å². The fraction of sp³-hybridized carbons (Fsp3) is 0.600. The number of benzene rings is 1. The van der Waals surface area contributed by atoms with Crippen molar-refractivity contribution in [2.24, 2.45) is 0 Å². The van der Waals surface area contributed by atoms with Crippen LogP contribution in [0.4, 0.5) is 5.69 Å². The molecule has 0 bridgehead atoms. The molecular weight excluding hydrogens is 288 g/mol. The Labute approximate surface area is 119 Å². The molecule has 1 fully saturated rings. The Balaban J connectivity index is 1.97. The average Bonchev–Trinajstić information content (AvgIpc) is 2.35. The van der Waals surface area contributed by atoms with Crippen LogP contribution in [-0.4, -0.2) is 31.1 Å². The number of hydrogen-bond donors (Lipinski definition) is 1. The molecule has 1 aliphatic heterocycles. The van der Waals surface area contributed by atoms with Gasteiger partial charge in [0.1, 0.15) is 0 Å². The molecule has 1 N–H and O–H groups in total. The maximum atomic E-state index is 3.61. The van der Waals surface area contributed by atoms with Crippen LogP contribution in [-0.2, 0) is 0 Å². The van der Waals surface area contributed by atoms with Crippen molar-refractivity contribution in [3.8, 4) is 0 Å². The van der Waals surface area contributed by atoms with Gasteiger partial charge in [-0.05, 0) is 63.5 Å². The molecule has 1 heterocycles. The normalized spacial score (nSPS) is 21.0. The predicted octanol–water partition coefficient (Wildman–Crippen LogP) is 3.96. The third kappa shape index (κ3) is 3.27. The summed E-state index contributed by atoms with van der Waals surface area (Å²) in [6, 6.07) is 5.13. The Morgan fingerprint density at radius 1 is 1.28 bits per heavy atom. The standard InChI is InChI=1S/C15H23BrN2/c1-11-8-13(9-12(2)15(11)16)17-10-14-6-4-5-7-18(14)3/h8-9,14,17H,4-7,10H2,1-3H3. The van der Waals surface area contributed by atoms with Crippen molar-refractivity contribution in [3.63, 3.8) is 0 Å². The van der Waals surface area contributed by atoms with Crippen LogP contribution < -0.4 is 5.32 Å². The van der Waals surface area contributed by atoms with E-state index in [-0.39, 0.29) is 0 Å². The lowest BCUT2D eigenvalue weighted by Gasteiger charge is -2.32. The van der Waals surface area contributed by atoms with Gasteiger partial charge in [0.2, 0.25) is 0 Å². The quantitative estimate of drug-likeness (QED) is 0.909. The first kappa shape index (κ1) is 13.9. The number of halogens is 1. The van der Waals surface area contributed by atoms with Gasteiger partial charge in [-0.3, -0.25) is 0 Å². The molecule has 100 valence electrons. The fourth-order valence-corrected chi connectivity index (χ4v) is 2.91. The summed E-state index contributed by atoms with van der Waals surface area (Å²) in [7, 11) is 2.24. The van der Waals surface area contributed by atoms with E-state index < -0.39 is 0 Å². The first-order valence-corrected chi connectivity index (χ1v) is 7.58. The molecular formula is C15H23BrN2. The molecule has 0 radical (unpaired) electrons. The molecule has 18 heavy (non-hydrogen) atoms. The van der Waals surface area contributed by atoms with E-state index in [1.807, 2.05) is 0 Å². The highest BCUT2D eigenvalue weighted by atomic mass is 79.9. The highest BCUT2D eigenvalue weighted by molar-refractivity contribution is 9.10. The maximum absolute atomic E-state index is 3.61. The lowest BCUT2D eigenvalue weighted by molar-refractivity contribution is 0.194. The van der Waals surface area contributed by atoms with Gasteiger partial charge >= 0.3 is 0 Å². The molecule has 2 rings (SSSR count). The van der Waals surface area contributed by atoms with Crippen LogP contribution in [0.15, 0.2) is 16.6 Å². The largest absolute Gasteiger partial charge is 0.383 e. The number of anilines is 1. The zero-order valence-corrected chi connectivity index (χ0v) is 13.2. The van der Waals surface area contributed by atoms with E-state index in [9.17, 15) is 0 Å². The summed E-state index contributed by atoms with van der Waals surface area (Å²) >= 11 is 3.61. The molecule has 1 unspecified atom stereocenters. The van der Waals surface area contributed by atoms with Crippen LogP contribution in [0.25, 0.3) is 0 Å². The third-order valence-electron chi connectivity index (χ3n) is 3.90. The molecule has 0 aliphatic carbocycles. The van der Waals surface area contributed by atoms with E-state index in [1.54, 1.807) is 0 Å². The van der Waals surface area contributed by atoms with Crippen LogP contribution in [0.1, 0.15) is 30.4 Å².